The Morgan fingerprint density at radius 3 is 2.80 bits per heavy atom. The van der Waals surface area contributed by atoms with E-state index >= 15 is 0 Å². The van der Waals surface area contributed by atoms with Gasteiger partial charge in [-0.2, -0.15) is 11.8 Å². The third-order valence-corrected chi connectivity index (χ3v) is 5.00. The van der Waals surface area contributed by atoms with E-state index in [1.807, 2.05) is 0 Å². The standard InChI is InChI=1S/C11H11FOS2/c12-9-4-2-1-3-8(9)11(13)10-7-14-5-6-15-10/h1-4,10H,5-7H2. The number of benzene rings is 1. The van der Waals surface area contributed by atoms with Crippen molar-refractivity contribution < 1.29 is 9.18 Å². The Kier molecular flexibility index (Phi) is 3.70. The highest BCUT2D eigenvalue weighted by Gasteiger charge is 2.24. The zero-order chi connectivity index (χ0) is 10.7. The van der Waals surface area contributed by atoms with E-state index in [1.54, 1.807) is 41.7 Å². The minimum Gasteiger partial charge on any atom is -0.293 e. The van der Waals surface area contributed by atoms with Crippen LogP contribution in [0.4, 0.5) is 4.39 Å². The zero-order valence-corrected chi connectivity index (χ0v) is 9.74. The fourth-order valence-electron chi connectivity index (χ4n) is 1.47. The maximum atomic E-state index is 13.4. The molecule has 1 saturated heterocycles. The summed E-state index contributed by atoms with van der Waals surface area (Å²) in [6, 6.07) is 6.22. The first-order valence-electron chi connectivity index (χ1n) is 4.77. The zero-order valence-electron chi connectivity index (χ0n) is 8.11. The molecule has 1 heterocycles. The molecule has 1 nitrogen and oxygen atoms in total. The lowest BCUT2D eigenvalue weighted by molar-refractivity contribution is 0.0991. The molecule has 4 heteroatoms. The van der Waals surface area contributed by atoms with Crippen LogP contribution in [-0.4, -0.2) is 28.3 Å². The summed E-state index contributed by atoms with van der Waals surface area (Å²) in [6.07, 6.45) is 0. The van der Waals surface area contributed by atoms with Gasteiger partial charge in [0.15, 0.2) is 5.78 Å². The van der Waals surface area contributed by atoms with Gasteiger partial charge >= 0.3 is 0 Å². The van der Waals surface area contributed by atoms with Gasteiger partial charge in [0.25, 0.3) is 0 Å². The summed E-state index contributed by atoms with van der Waals surface area (Å²) in [6.45, 7) is 0. The van der Waals surface area contributed by atoms with Crippen LogP contribution in [0.15, 0.2) is 24.3 Å². The van der Waals surface area contributed by atoms with Gasteiger partial charge in [-0.25, -0.2) is 4.39 Å². The fourth-order valence-corrected chi connectivity index (χ4v) is 4.10. The van der Waals surface area contributed by atoms with E-state index in [9.17, 15) is 9.18 Å². The van der Waals surface area contributed by atoms with Crippen molar-refractivity contribution >= 4 is 29.3 Å². The van der Waals surface area contributed by atoms with Crippen LogP contribution in [0.2, 0.25) is 0 Å². The van der Waals surface area contributed by atoms with E-state index in [2.05, 4.69) is 0 Å². The average Bonchev–Trinajstić information content (AvgIpc) is 2.30. The summed E-state index contributed by atoms with van der Waals surface area (Å²) in [7, 11) is 0. The van der Waals surface area contributed by atoms with Crippen molar-refractivity contribution in [3.05, 3.63) is 35.6 Å². The second kappa shape index (κ2) is 5.03. The number of carbonyl (C=O) groups is 1. The average molecular weight is 242 g/mol. The van der Waals surface area contributed by atoms with Crippen LogP contribution in [0.25, 0.3) is 0 Å². The van der Waals surface area contributed by atoms with Gasteiger partial charge in [-0.05, 0) is 12.1 Å². The number of carbonyl (C=O) groups excluding carboxylic acids is 1. The van der Waals surface area contributed by atoms with Crippen LogP contribution in [-0.2, 0) is 0 Å². The number of ketones is 1. The molecule has 80 valence electrons. The Bertz CT molecular complexity index is 361. The Balaban J connectivity index is 2.16. The molecule has 2 rings (SSSR count). The van der Waals surface area contributed by atoms with Crippen molar-refractivity contribution in [3.8, 4) is 0 Å². The molecular weight excluding hydrogens is 231 g/mol. The van der Waals surface area contributed by atoms with Gasteiger partial charge < -0.3 is 0 Å². The predicted molar refractivity (Wildman–Crippen MR) is 64.3 cm³/mol. The van der Waals surface area contributed by atoms with Crippen molar-refractivity contribution in [2.24, 2.45) is 0 Å². The number of hydrogen-bond acceptors (Lipinski definition) is 3. The first-order chi connectivity index (χ1) is 7.29. The molecule has 1 atom stereocenters. The van der Waals surface area contributed by atoms with Gasteiger partial charge in [0.1, 0.15) is 5.82 Å². The third kappa shape index (κ3) is 2.55. The smallest absolute Gasteiger partial charge is 0.179 e. The summed E-state index contributed by atoms with van der Waals surface area (Å²) in [4.78, 5) is 11.9. The summed E-state index contributed by atoms with van der Waals surface area (Å²) in [5, 5.41) is -0.0688. The first-order valence-corrected chi connectivity index (χ1v) is 6.97. The summed E-state index contributed by atoms with van der Waals surface area (Å²) >= 11 is 3.41. The molecule has 1 aliphatic heterocycles. The Morgan fingerprint density at radius 1 is 1.33 bits per heavy atom. The molecule has 1 aromatic carbocycles. The SMILES string of the molecule is O=C(c1ccccc1F)C1CSCCS1. The number of rotatable bonds is 2. The molecule has 1 aromatic rings. The van der Waals surface area contributed by atoms with E-state index in [0.29, 0.717) is 0 Å². The van der Waals surface area contributed by atoms with Crippen molar-refractivity contribution in [1.82, 2.24) is 0 Å². The van der Waals surface area contributed by atoms with E-state index in [4.69, 9.17) is 0 Å². The van der Waals surface area contributed by atoms with Crippen molar-refractivity contribution in [1.29, 1.82) is 0 Å². The molecule has 0 amide bonds. The lowest BCUT2D eigenvalue weighted by atomic mass is 10.1. The monoisotopic (exact) mass is 242 g/mol. The highest BCUT2D eigenvalue weighted by atomic mass is 32.2. The van der Waals surface area contributed by atoms with Gasteiger partial charge in [0.05, 0.1) is 10.8 Å². The molecule has 0 aromatic heterocycles. The van der Waals surface area contributed by atoms with E-state index < -0.39 is 5.82 Å². The fraction of sp³-hybridized carbons (Fsp3) is 0.364. The summed E-state index contributed by atoms with van der Waals surface area (Å²) in [5.74, 6) is 2.41. The predicted octanol–water partition coefficient (Wildman–Crippen LogP) is 2.86. The molecule has 0 radical (unpaired) electrons. The van der Waals surface area contributed by atoms with Gasteiger partial charge in [0.2, 0.25) is 0 Å². The number of thioether (sulfide) groups is 2. The van der Waals surface area contributed by atoms with E-state index in [1.165, 1.54) is 6.07 Å². The maximum absolute atomic E-state index is 13.4. The first kappa shape index (κ1) is 11.0. The largest absolute Gasteiger partial charge is 0.293 e. The topological polar surface area (TPSA) is 17.1 Å². The van der Waals surface area contributed by atoms with Crippen LogP contribution >= 0.6 is 23.5 Å². The maximum Gasteiger partial charge on any atom is 0.179 e. The van der Waals surface area contributed by atoms with E-state index in [0.717, 1.165) is 17.3 Å². The molecule has 0 spiro atoms. The molecule has 0 saturated carbocycles. The second-order valence-corrected chi connectivity index (χ2v) is 5.74. The third-order valence-electron chi connectivity index (χ3n) is 2.25. The van der Waals surface area contributed by atoms with Gasteiger partial charge in [-0.1, -0.05) is 12.1 Å². The normalized spacial score (nSPS) is 21.3. The molecule has 1 fully saturated rings. The van der Waals surface area contributed by atoms with Crippen molar-refractivity contribution in [2.45, 2.75) is 5.25 Å². The second-order valence-electron chi connectivity index (χ2n) is 3.28. The van der Waals surface area contributed by atoms with Gasteiger partial charge in [-0.15, -0.1) is 11.8 Å². The highest BCUT2D eigenvalue weighted by molar-refractivity contribution is 8.07. The molecule has 0 N–H and O–H groups in total. The summed E-state index contributed by atoms with van der Waals surface area (Å²) in [5.41, 5.74) is 0.234. The Morgan fingerprint density at radius 2 is 2.13 bits per heavy atom. The van der Waals surface area contributed by atoms with Crippen LogP contribution in [0.5, 0.6) is 0 Å². The Hall–Kier alpha value is -0.480. The highest BCUT2D eigenvalue weighted by Crippen LogP contribution is 2.27. The lowest BCUT2D eigenvalue weighted by Crippen LogP contribution is -2.25. The number of Topliss-reactive ketones (excluding diaryl/α,β-unsaturated/α-hetero) is 1. The van der Waals surface area contributed by atoms with Crippen molar-refractivity contribution in [3.63, 3.8) is 0 Å². The Labute approximate surface area is 96.8 Å². The number of halogens is 1. The van der Waals surface area contributed by atoms with E-state index in [-0.39, 0.29) is 16.6 Å². The molecule has 1 aliphatic rings. The van der Waals surface area contributed by atoms with Crippen LogP contribution in [0.1, 0.15) is 10.4 Å². The molecular formula is C11H11FOS2. The molecule has 0 aliphatic carbocycles. The minimum atomic E-state index is -0.404. The number of hydrogen-bond donors (Lipinski definition) is 0. The van der Waals surface area contributed by atoms with Gasteiger partial charge in [-0.3, -0.25) is 4.79 Å². The van der Waals surface area contributed by atoms with Gasteiger partial charge in [0, 0.05) is 17.3 Å². The van der Waals surface area contributed by atoms with Crippen LogP contribution in [0, 0.1) is 5.82 Å². The molecule has 15 heavy (non-hydrogen) atoms. The van der Waals surface area contributed by atoms with Crippen LogP contribution < -0.4 is 0 Å². The van der Waals surface area contributed by atoms with Crippen LogP contribution in [0.3, 0.4) is 0 Å². The molecule has 0 bridgehead atoms. The lowest BCUT2D eigenvalue weighted by Gasteiger charge is -2.19. The minimum absolute atomic E-state index is 0.0645. The van der Waals surface area contributed by atoms with Crippen molar-refractivity contribution in [2.75, 3.05) is 17.3 Å². The molecule has 1 unspecified atom stereocenters. The summed E-state index contributed by atoms with van der Waals surface area (Å²) < 4.78 is 13.4. The quantitative estimate of drug-likeness (QED) is 0.742.